The highest BCUT2D eigenvalue weighted by molar-refractivity contribution is 5.26. The third-order valence-corrected chi connectivity index (χ3v) is 4.36. The predicted octanol–water partition coefficient (Wildman–Crippen LogP) is 1.56. The summed E-state index contributed by atoms with van der Waals surface area (Å²) in [5, 5.41) is 6.90. The molecule has 19 heavy (non-hydrogen) atoms. The third-order valence-electron chi connectivity index (χ3n) is 4.36. The zero-order chi connectivity index (χ0) is 12.9. The molecule has 2 heterocycles. The normalized spacial score (nSPS) is 25.4. The second kappa shape index (κ2) is 6.51. The number of benzene rings is 1. The van der Waals surface area contributed by atoms with Gasteiger partial charge in [-0.05, 0) is 36.4 Å². The highest BCUT2D eigenvalue weighted by Gasteiger charge is 2.15. The Bertz CT molecular complexity index is 375. The molecule has 0 aromatic heterocycles. The number of nitrogens with one attached hydrogen (secondary N) is 2. The Morgan fingerprint density at radius 3 is 2.47 bits per heavy atom. The molecule has 2 saturated heterocycles. The fourth-order valence-electron chi connectivity index (χ4n) is 3.16. The number of nitrogens with zero attached hydrogens (tertiary/aromatic N) is 1. The molecule has 0 amide bonds. The van der Waals surface area contributed by atoms with Crippen LogP contribution >= 0.6 is 0 Å². The number of hydrogen-bond donors (Lipinski definition) is 2. The quantitative estimate of drug-likeness (QED) is 0.862. The summed E-state index contributed by atoms with van der Waals surface area (Å²) in [5.74, 6) is 0.724. The number of rotatable bonds is 3. The molecule has 3 nitrogen and oxygen atoms in total. The fourth-order valence-corrected chi connectivity index (χ4v) is 3.16. The van der Waals surface area contributed by atoms with Gasteiger partial charge in [0.1, 0.15) is 0 Å². The number of piperidine rings is 1. The van der Waals surface area contributed by atoms with Crippen LogP contribution in [-0.2, 0) is 6.54 Å². The van der Waals surface area contributed by atoms with E-state index < -0.39 is 0 Å². The van der Waals surface area contributed by atoms with E-state index >= 15 is 0 Å². The van der Waals surface area contributed by atoms with Crippen molar-refractivity contribution < 1.29 is 0 Å². The molecule has 1 aromatic rings. The Morgan fingerprint density at radius 2 is 1.79 bits per heavy atom. The van der Waals surface area contributed by atoms with Crippen molar-refractivity contribution in [2.24, 2.45) is 0 Å². The lowest BCUT2D eigenvalue weighted by molar-refractivity contribution is 0.233. The molecule has 1 unspecified atom stereocenters. The lowest BCUT2D eigenvalue weighted by Crippen LogP contribution is -2.42. The van der Waals surface area contributed by atoms with Crippen LogP contribution < -0.4 is 10.6 Å². The van der Waals surface area contributed by atoms with E-state index in [1.54, 1.807) is 0 Å². The van der Waals surface area contributed by atoms with Gasteiger partial charge in [-0.15, -0.1) is 0 Å². The number of piperazine rings is 1. The Balaban J connectivity index is 1.58. The molecule has 1 atom stereocenters. The van der Waals surface area contributed by atoms with Crippen LogP contribution in [0.15, 0.2) is 24.3 Å². The van der Waals surface area contributed by atoms with Crippen molar-refractivity contribution in [2.45, 2.75) is 25.3 Å². The molecule has 2 N–H and O–H groups in total. The maximum Gasteiger partial charge on any atom is 0.0234 e. The monoisotopic (exact) mass is 259 g/mol. The van der Waals surface area contributed by atoms with Crippen LogP contribution in [0.5, 0.6) is 0 Å². The van der Waals surface area contributed by atoms with Gasteiger partial charge in [0.05, 0.1) is 0 Å². The third kappa shape index (κ3) is 3.56. The summed E-state index contributed by atoms with van der Waals surface area (Å²) in [6.07, 6.45) is 2.65. The molecule has 104 valence electrons. The van der Waals surface area contributed by atoms with Gasteiger partial charge >= 0.3 is 0 Å². The minimum absolute atomic E-state index is 0.724. The minimum atomic E-state index is 0.724. The molecule has 0 aliphatic carbocycles. The Morgan fingerprint density at radius 1 is 1.00 bits per heavy atom. The van der Waals surface area contributed by atoms with Gasteiger partial charge in [0.15, 0.2) is 0 Å². The van der Waals surface area contributed by atoms with Gasteiger partial charge in [-0.3, -0.25) is 4.90 Å². The first-order chi connectivity index (χ1) is 9.42. The van der Waals surface area contributed by atoms with Crippen LogP contribution in [-0.4, -0.2) is 44.2 Å². The highest BCUT2D eigenvalue weighted by atomic mass is 15.2. The maximum absolute atomic E-state index is 3.50. The van der Waals surface area contributed by atoms with E-state index in [0.717, 1.165) is 32.1 Å². The van der Waals surface area contributed by atoms with E-state index in [4.69, 9.17) is 0 Å². The molecule has 3 heteroatoms. The summed E-state index contributed by atoms with van der Waals surface area (Å²) in [6.45, 7) is 8.06. The van der Waals surface area contributed by atoms with Gasteiger partial charge in [0.2, 0.25) is 0 Å². The van der Waals surface area contributed by atoms with Crippen LogP contribution in [0.25, 0.3) is 0 Å². The van der Waals surface area contributed by atoms with Gasteiger partial charge in [-0.25, -0.2) is 0 Å². The highest BCUT2D eigenvalue weighted by Crippen LogP contribution is 2.23. The summed E-state index contributed by atoms with van der Waals surface area (Å²) >= 11 is 0. The van der Waals surface area contributed by atoms with Crippen LogP contribution in [0, 0.1) is 0 Å². The summed E-state index contributed by atoms with van der Waals surface area (Å²) in [6, 6.07) is 9.34. The molecular weight excluding hydrogens is 234 g/mol. The largest absolute Gasteiger partial charge is 0.316 e. The zero-order valence-electron chi connectivity index (χ0n) is 11.7. The van der Waals surface area contributed by atoms with Gasteiger partial charge in [0.25, 0.3) is 0 Å². The van der Waals surface area contributed by atoms with Crippen molar-refractivity contribution in [2.75, 3.05) is 39.3 Å². The first kappa shape index (κ1) is 13.1. The standard InChI is InChI=1S/C16H25N3/c1-2-16(12-18-7-1)15-5-3-14(4-6-15)13-19-10-8-17-9-11-19/h3-6,16-18H,1-2,7-13H2. The lowest BCUT2D eigenvalue weighted by atomic mass is 9.91. The molecule has 3 rings (SSSR count). The molecule has 0 bridgehead atoms. The number of hydrogen-bond acceptors (Lipinski definition) is 3. The molecule has 2 aliphatic rings. The second-order valence-corrected chi connectivity index (χ2v) is 5.81. The Kier molecular flexibility index (Phi) is 4.49. The molecule has 0 spiro atoms. The molecule has 2 aliphatic heterocycles. The smallest absolute Gasteiger partial charge is 0.0234 e. The van der Waals surface area contributed by atoms with Crippen LogP contribution in [0.3, 0.4) is 0 Å². The topological polar surface area (TPSA) is 27.3 Å². The molecular formula is C16H25N3. The first-order valence-corrected chi connectivity index (χ1v) is 7.64. The summed E-state index contributed by atoms with van der Waals surface area (Å²) < 4.78 is 0. The van der Waals surface area contributed by atoms with Crippen molar-refractivity contribution in [1.29, 1.82) is 0 Å². The van der Waals surface area contributed by atoms with Crippen molar-refractivity contribution in [3.8, 4) is 0 Å². The van der Waals surface area contributed by atoms with Crippen molar-refractivity contribution in [3.05, 3.63) is 35.4 Å². The van der Waals surface area contributed by atoms with E-state index in [1.165, 1.54) is 43.6 Å². The van der Waals surface area contributed by atoms with Crippen LogP contribution in [0.4, 0.5) is 0 Å². The van der Waals surface area contributed by atoms with Gasteiger partial charge in [0, 0.05) is 39.3 Å². The van der Waals surface area contributed by atoms with Crippen LogP contribution in [0.1, 0.15) is 29.9 Å². The van der Waals surface area contributed by atoms with E-state index in [0.29, 0.717) is 0 Å². The van der Waals surface area contributed by atoms with E-state index in [2.05, 4.69) is 39.8 Å². The first-order valence-electron chi connectivity index (χ1n) is 7.64. The minimum Gasteiger partial charge on any atom is -0.316 e. The summed E-state index contributed by atoms with van der Waals surface area (Å²) in [4.78, 5) is 2.54. The van der Waals surface area contributed by atoms with Crippen molar-refractivity contribution in [1.82, 2.24) is 15.5 Å². The van der Waals surface area contributed by atoms with E-state index in [9.17, 15) is 0 Å². The molecule has 1 aromatic carbocycles. The van der Waals surface area contributed by atoms with Crippen molar-refractivity contribution in [3.63, 3.8) is 0 Å². The maximum atomic E-state index is 3.50. The molecule has 0 saturated carbocycles. The second-order valence-electron chi connectivity index (χ2n) is 5.81. The molecule has 2 fully saturated rings. The van der Waals surface area contributed by atoms with E-state index in [-0.39, 0.29) is 0 Å². The van der Waals surface area contributed by atoms with Crippen LogP contribution in [0.2, 0.25) is 0 Å². The summed E-state index contributed by atoms with van der Waals surface area (Å²) in [5.41, 5.74) is 2.96. The van der Waals surface area contributed by atoms with Gasteiger partial charge in [-0.2, -0.15) is 0 Å². The fraction of sp³-hybridized carbons (Fsp3) is 0.625. The zero-order valence-corrected chi connectivity index (χ0v) is 11.7. The SMILES string of the molecule is c1cc(C2CCCNC2)ccc1CN1CCNCC1. The van der Waals surface area contributed by atoms with Gasteiger partial charge in [-0.1, -0.05) is 24.3 Å². The average Bonchev–Trinajstić information content (AvgIpc) is 2.50. The average molecular weight is 259 g/mol. The van der Waals surface area contributed by atoms with Gasteiger partial charge < -0.3 is 10.6 Å². The molecule has 0 radical (unpaired) electrons. The van der Waals surface area contributed by atoms with Crippen molar-refractivity contribution >= 4 is 0 Å². The van der Waals surface area contributed by atoms with E-state index in [1.807, 2.05) is 0 Å². The summed E-state index contributed by atoms with van der Waals surface area (Å²) in [7, 11) is 0. The Hall–Kier alpha value is -0.900. The predicted molar refractivity (Wildman–Crippen MR) is 79.4 cm³/mol. The Labute approximate surface area is 116 Å². The lowest BCUT2D eigenvalue weighted by Gasteiger charge is -2.27.